The van der Waals surface area contributed by atoms with Gasteiger partial charge in [0.05, 0.1) is 11.5 Å². The Morgan fingerprint density at radius 3 is 2.73 bits per heavy atom. The number of para-hydroxylation sites is 1. The normalized spacial score (nSPS) is 16.8. The predicted molar refractivity (Wildman–Crippen MR) is 77.5 cm³/mol. The van der Waals surface area contributed by atoms with Crippen molar-refractivity contribution in [3.8, 4) is 5.75 Å². The molecule has 1 amide bonds. The van der Waals surface area contributed by atoms with Crippen LogP contribution in [-0.2, 0) is 16.0 Å². The SMILES string of the molecule is CC(=O)C=CC(=O)N[C@H]1Cc2cccc(C(=O)O)c2OB1O. The maximum absolute atomic E-state index is 11.6. The molecule has 1 aromatic carbocycles. The second-order valence-corrected chi connectivity index (χ2v) is 4.87. The molecular weight excluding hydrogens is 289 g/mol. The third-order valence-corrected chi connectivity index (χ3v) is 3.15. The number of hydrogen-bond donors (Lipinski definition) is 3. The predicted octanol–water partition coefficient (Wildman–Crippen LogP) is -0.0306. The maximum atomic E-state index is 11.6. The van der Waals surface area contributed by atoms with Gasteiger partial charge in [0.15, 0.2) is 5.78 Å². The Kier molecular flexibility index (Phi) is 4.62. The van der Waals surface area contributed by atoms with E-state index in [-0.39, 0.29) is 23.5 Å². The van der Waals surface area contributed by atoms with Crippen LogP contribution in [0.3, 0.4) is 0 Å². The van der Waals surface area contributed by atoms with E-state index in [1.54, 1.807) is 12.1 Å². The van der Waals surface area contributed by atoms with E-state index in [2.05, 4.69) is 5.32 Å². The quantitative estimate of drug-likeness (QED) is 0.532. The van der Waals surface area contributed by atoms with Crippen LogP contribution in [0.4, 0.5) is 0 Å². The summed E-state index contributed by atoms with van der Waals surface area (Å²) in [5.74, 6) is -2.60. The smallest absolute Gasteiger partial charge is 0.534 e. The molecule has 0 spiro atoms. The Balaban J connectivity index is 2.16. The van der Waals surface area contributed by atoms with Crippen molar-refractivity contribution in [2.75, 3.05) is 0 Å². The molecule has 22 heavy (non-hydrogen) atoms. The van der Waals surface area contributed by atoms with Crippen molar-refractivity contribution in [1.82, 2.24) is 5.32 Å². The number of nitrogens with one attached hydrogen (secondary N) is 1. The largest absolute Gasteiger partial charge is 0.547 e. The molecule has 1 atom stereocenters. The molecule has 0 aromatic heterocycles. The van der Waals surface area contributed by atoms with Gasteiger partial charge < -0.3 is 20.1 Å². The molecule has 0 radical (unpaired) electrons. The summed E-state index contributed by atoms with van der Waals surface area (Å²) in [5, 5.41) is 21.5. The molecular formula is C14H14BNO6. The first-order chi connectivity index (χ1) is 10.4. The van der Waals surface area contributed by atoms with E-state index in [1.165, 1.54) is 13.0 Å². The van der Waals surface area contributed by atoms with Crippen molar-refractivity contribution in [1.29, 1.82) is 0 Å². The molecule has 0 saturated carbocycles. The number of fused-ring (bicyclic) bond motifs is 1. The summed E-state index contributed by atoms with van der Waals surface area (Å²) in [5.41, 5.74) is 0.531. The molecule has 0 saturated heterocycles. The van der Waals surface area contributed by atoms with Gasteiger partial charge in [0.25, 0.3) is 0 Å². The molecule has 0 aliphatic carbocycles. The van der Waals surface area contributed by atoms with Gasteiger partial charge in [-0.1, -0.05) is 12.1 Å². The van der Waals surface area contributed by atoms with Crippen LogP contribution in [0.25, 0.3) is 0 Å². The van der Waals surface area contributed by atoms with E-state index >= 15 is 0 Å². The zero-order valence-electron chi connectivity index (χ0n) is 11.8. The molecule has 0 fully saturated rings. The lowest BCUT2D eigenvalue weighted by Gasteiger charge is -2.28. The van der Waals surface area contributed by atoms with E-state index in [4.69, 9.17) is 9.76 Å². The lowest BCUT2D eigenvalue weighted by Crippen LogP contribution is -2.52. The Bertz CT molecular complexity index is 657. The van der Waals surface area contributed by atoms with E-state index in [1.807, 2.05) is 0 Å². The van der Waals surface area contributed by atoms with Crippen LogP contribution in [0.1, 0.15) is 22.8 Å². The van der Waals surface area contributed by atoms with Gasteiger partial charge in [-0.05, 0) is 31.1 Å². The van der Waals surface area contributed by atoms with Crippen molar-refractivity contribution >= 4 is 24.8 Å². The van der Waals surface area contributed by atoms with Gasteiger partial charge in [-0.2, -0.15) is 0 Å². The summed E-state index contributed by atoms with van der Waals surface area (Å²) in [6.07, 6.45) is 2.40. The van der Waals surface area contributed by atoms with Crippen molar-refractivity contribution in [3.63, 3.8) is 0 Å². The van der Waals surface area contributed by atoms with Gasteiger partial charge in [-0.3, -0.25) is 9.59 Å². The number of aromatic carboxylic acids is 1. The number of carboxylic acids is 1. The summed E-state index contributed by atoms with van der Waals surface area (Å²) in [7, 11) is -1.37. The molecule has 0 bridgehead atoms. The first kappa shape index (κ1) is 15.8. The van der Waals surface area contributed by atoms with Gasteiger partial charge in [-0.25, -0.2) is 4.79 Å². The van der Waals surface area contributed by atoms with Gasteiger partial charge in [0.2, 0.25) is 5.91 Å². The molecule has 3 N–H and O–H groups in total. The van der Waals surface area contributed by atoms with Gasteiger partial charge in [0, 0.05) is 6.08 Å². The van der Waals surface area contributed by atoms with Crippen molar-refractivity contribution in [3.05, 3.63) is 41.5 Å². The van der Waals surface area contributed by atoms with E-state index < -0.39 is 24.9 Å². The van der Waals surface area contributed by atoms with Crippen molar-refractivity contribution in [2.45, 2.75) is 19.3 Å². The minimum Gasteiger partial charge on any atom is -0.534 e. The number of carbonyl (C=O) groups excluding carboxylic acids is 2. The fraction of sp³-hybridized carbons (Fsp3) is 0.214. The van der Waals surface area contributed by atoms with Crippen molar-refractivity contribution in [2.24, 2.45) is 0 Å². The second-order valence-electron chi connectivity index (χ2n) is 4.87. The molecule has 8 heteroatoms. The molecule has 7 nitrogen and oxygen atoms in total. The fourth-order valence-electron chi connectivity index (χ4n) is 2.14. The maximum Gasteiger partial charge on any atom is 0.547 e. The third-order valence-electron chi connectivity index (χ3n) is 3.15. The third kappa shape index (κ3) is 3.53. The average molecular weight is 303 g/mol. The molecule has 114 valence electrons. The Morgan fingerprint density at radius 1 is 1.36 bits per heavy atom. The number of amides is 1. The highest BCUT2D eigenvalue weighted by Gasteiger charge is 2.37. The lowest BCUT2D eigenvalue weighted by atomic mass is 9.72. The number of carbonyl (C=O) groups is 3. The first-order valence-electron chi connectivity index (χ1n) is 6.57. The summed E-state index contributed by atoms with van der Waals surface area (Å²) in [6.45, 7) is 1.31. The monoisotopic (exact) mass is 303 g/mol. The van der Waals surface area contributed by atoms with Crippen LogP contribution >= 0.6 is 0 Å². The van der Waals surface area contributed by atoms with Crippen molar-refractivity contribution < 1.29 is 29.2 Å². The Labute approximate surface area is 126 Å². The molecule has 1 aliphatic heterocycles. The van der Waals surface area contributed by atoms with Crippen LogP contribution in [0, 0.1) is 0 Å². The molecule has 0 unspecified atom stereocenters. The number of carboxylic acid groups (broad SMARTS) is 1. The van der Waals surface area contributed by atoms with E-state index in [9.17, 15) is 19.4 Å². The Hall–Kier alpha value is -2.61. The van der Waals surface area contributed by atoms with Gasteiger partial charge in [-0.15, -0.1) is 0 Å². The lowest BCUT2D eigenvalue weighted by molar-refractivity contribution is -0.117. The highest BCUT2D eigenvalue weighted by Crippen LogP contribution is 2.30. The number of allylic oxidation sites excluding steroid dienone is 1. The van der Waals surface area contributed by atoms with Gasteiger partial charge in [0.1, 0.15) is 5.75 Å². The minimum absolute atomic E-state index is 0.0437. The molecule has 2 rings (SSSR count). The summed E-state index contributed by atoms with van der Waals surface area (Å²) < 4.78 is 5.23. The second kappa shape index (κ2) is 6.44. The summed E-state index contributed by atoms with van der Waals surface area (Å²) >= 11 is 0. The zero-order valence-corrected chi connectivity index (χ0v) is 11.8. The van der Waals surface area contributed by atoms with E-state index in [0.29, 0.717) is 5.56 Å². The van der Waals surface area contributed by atoms with Crippen LogP contribution in [0.2, 0.25) is 0 Å². The van der Waals surface area contributed by atoms with Crippen LogP contribution in [0.5, 0.6) is 5.75 Å². The number of benzene rings is 1. The number of ketones is 1. The van der Waals surface area contributed by atoms with Crippen LogP contribution in [0.15, 0.2) is 30.4 Å². The van der Waals surface area contributed by atoms with Gasteiger partial charge >= 0.3 is 13.1 Å². The highest BCUT2D eigenvalue weighted by molar-refractivity contribution is 6.47. The molecule has 1 aromatic rings. The topological polar surface area (TPSA) is 113 Å². The molecule has 1 heterocycles. The summed E-state index contributed by atoms with van der Waals surface area (Å²) in [6, 6.07) is 4.61. The molecule has 1 aliphatic rings. The standard InChI is InChI=1S/C14H14BNO6/c1-8(17)5-6-12(18)16-11-7-9-3-2-4-10(14(19)20)13(9)22-15(11)21/h2-6,11,21H,7H2,1H3,(H,16,18)(H,19,20)/t11-/m0/s1. The average Bonchev–Trinajstić information content (AvgIpc) is 2.45. The highest BCUT2D eigenvalue weighted by atomic mass is 16.5. The minimum atomic E-state index is -1.37. The van der Waals surface area contributed by atoms with E-state index in [0.717, 1.165) is 12.2 Å². The Morgan fingerprint density at radius 2 is 2.09 bits per heavy atom. The number of rotatable bonds is 4. The summed E-state index contributed by atoms with van der Waals surface area (Å²) in [4.78, 5) is 33.5. The van der Waals surface area contributed by atoms with Crippen LogP contribution in [-0.4, -0.2) is 40.8 Å². The zero-order chi connectivity index (χ0) is 16.3. The first-order valence-corrected chi connectivity index (χ1v) is 6.57. The number of hydrogen-bond acceptors (Lipinski definition) is 5. The fourth-order valence-corrected chi connectivity index (χ4v) is 2.14. The van der Waals surface area contributed by atoms with Crippen LogP contribution < -0.4 is 9.97 Å².